The molecule has 0 spiro atoms. The molecule has 0 aliphatic carbocycles. The molecule has 0 radical (unpaired) electrons. The second kappa shape index (κ2) is 6.58. The minimum Gasteiger partial charge on any atom is -0.480 e. The van der Waals surface area contributed by atoms with Gasteiger partial charge in [-0.25, -0.2) is 14.8 Å². The lowest BCUT2D eigenvalue weighted by Crippen LogP contribution is -2.37. The number of aromatic nitrogens is 4. The topological polar surface area (TPSA) is 84.1 Å². The number of alkyl halides is 3. The van der Waals surface area contributed by atoms with Crippen molar-refractivity contribution >= 4 is 11.9 Å². The van der Waals surface area contributed by atoms with Crippen LogP contribution >= 0.6 is 0 Å². The second-order valence-electron chi connectivity index (χ2n) is 6.11. The van der Waals surface area contributed by atoms with E-state index in [-0.39, 0.29) is 11.6 Å². The maximum atomic E-state index is 13.3. The fourth-order valence-corrected chi connectivity index (χ4v) is 3.04. The van der Waals surface area contributed by atoms with E-state index in [4.69, 9.17) is 0 Å². The number of hydrogen-bond donors (Lipinski definition) is 1. The molecule has 1 saturated heterocycles. The van der Waals surface area contributed by atoms with Crippen LogP contribution in [-0.2, 0) is 17.5 Å². The van der Waals surface area contributed by atoms with Gasteiger partial charge in [-0.1, -0.05) is 0 Å². The summed E-state index contributed by atoms with van der Waals surface area (Å²) in [6, 6.07) is -0.0508. The second-order valence-corrected chi connectivity index (χ2v) is 6.11. The van der Waals surface area contributed by atoms with Crippen molar-refractivity contribution in [2.24, 2.45) is 0 Å². The van der Waals surface area contributed by atoms with E-state index in [9.17, 15) is 23.1 Å². The summed E-state index contributed by atoms with van der Waals surface area (Å²) >= 11 is 0. The zero-order chi connectivity index (χ0) is 19.1. The Kier molecular flexibility index (Phi) is 4.59. The number of anilines is 1. The highest BCUT2D eigenvalue weighted by Gasteiger charge is 2.37. The van der Waals surface area contributed by atoms with E-state index in [0.717, 1.165) is 6.07 Å². The van der Waals surface area contributed by atoms with Crippen LogP contribution in [0.5, 0.6) is 0 Å². The van der Waals surface area contributed by atoms with Crippen molar-refractivity contribution in [2.75, 3.05) is 11.4 Å². The highest BCUT2D eigenvalue weighted by Crippen LogP contribution is 2.34. The van der Waals surface area contributed by atoms with E-state index in [2.05, 4.69) is 15.1 Å². The number of aliphatic carboxylic acids is 1. The molecule has 0 unspecified atom stereocenters. The number of aryl methyl sites for hydroxylation is 2. The maximum Gasteiger partial charge on any atom is 0.433 e. The molecule has 0 bridgehead atoms. The molecule has 1 aliphatic heterocycles. The Bertz CT molecular complexity index is 834. The maximum absolute atomic E-state index is 13.3. The minimum absolute atomic E-state index is 0.0792. The molecule has 1 aliphatic rings. The van der Waals surface area contributed by atoms with Gasteiger partial charge in [0, 0.05) is 24.8 Å². The SMILES string of the molecule is CCn1cc(-c2cc(C(F)(F)F)nc(N3CCC[C@H]3C(=O)O)n2)c(C)n1. The first-order valence-electron chi connectivity index (χ1n) is 8.21. The van der Waals surface area contributed by atoms with Gasteiger partial charge in [0.2, 0.25) is 5.95 Å². The number of halogens is 3. The van der Waals surface area contributed by atoms with Crippen molar-refractivity contribution in [3.63, 3.8) is 0 Å². The summed E-state index contributed by atoms with van der Waals surface area (Å²) in [5.41, 5.74) is -0.0133. The van der Waals surface area contributed by atoms with Crippen LogP contribution in [0.15, 0.2) is 12.3 Å². The smallest absolute Gasteiger partial charge is 0.433 e. The van der Waals surface area contributed by atoms with Crippen LogP contribution in [0.1, 0.15) is 31.2 Å². The van der Waals surface area contributed by atoms with Crippen molar-refractivity contribution in [3.05, 3.63) is 23.7 Å². The van der Waals surface area contributed by atoms with Gasteiger partial charge in [-0.05, 0) is 32.8 Å². The lowest BCUT2D eigenvalue weighted by molar-refractivity contribution is -0.141. The fraction of sp³-hybridized carbons (Fsp3) is 0.500. The lowest BCUT2D eigenvalue weighted by Gasteiger charge is -2.22. The molecular weight excluding hydrogens is 351 g/mol. The summed E-state index contributed by atoms with van der Waals surface area (Å²) in [6.45, 7) is 4.42. The number of carboxylic acids is 1. The molecule has 10 heteroatoms. The molecule has 1 N–H and O–H groups in total. The molecule has 0 saturated carbocycles. The van der Waals surface area contributed by atoms with Crippen LogP contribution in [0.2, 0.25) is 0 Å². The molecular formula is C16H18F3N5O2. The van der Waals surface area contributed by atoms with Gasteiger partial charge in [0.1, 0.15) is 6.04 Å². The lowest BCUT2D eigenvalue weighted by atomic mass is 10.1. The van der Waals surface area contributed by atoms with Crippen LogP contribution in [0.25, 0.3) is 11.3 Å². The van der Waals surface area contributed by atoms with Gasteiger partial charge < -0.3 is 10.0 Å². The highest BCUT2D eigenvalue weighted by molar-refractivity contribution is 5.78. The van der Waals surface area contributed by atoms with Crippen molar-refractivity contribution in [3.8, 4) is 11.3 Å². The zero-order valence-corrected chi connectivity index (χ0v) is 14.3. The van der Waals surface area contributed by atoms with Crippen LogP contribution in [0.3, 0.4) is 0 Å². The van der Waals surface area contributed by atoms with Gasteiger partial charge in [0.05, 0.1) is 11.4 Å². The molecule has 26 heavy (non-hydrogen) atoms. The average Bonchev–Trinajstić information content (AvgIpc) is 3.20. The standard InChI is InChI=1S/C16H18F3N5O2/c1-3-23-8-10(9(2)22-23)11-7-13(16(17,18)19)21-15(20-11)24-6-4-5-12(24)14(25)26/h7-8,12H,3-6H2,1-2H3,(H,25,26)/t12-/m0/s1. The van der Waals surface area contributed by atoms with Gasteiger partial charge in [0.15, 0.2) is 5.69 Å². The average molecular weight is 369 g/mol. The van der Waals surface area contributed by atoms with E-state index in [1.165, 1.54) is 4.90 Å². The largest absolute Gasteiger partial charge is 0.480 e. The Balaban J connectivity index is 2.13. The third-order valence-corrected chi connectivity index (χ3v) is 4.35. The number of rotatable bonds is 4. The Hall–Kier alpha value is -2.65. The van der Waals surface area contributed by atoms with Gasteiger partial charge in [0.25, 0.3) is 0 Å². The first-order chi connectivity index (χ1) is 12.2. The van der Waals surface area contributed by atoms with Crippen LogP contribution in [-0.4, -0.2) is 43.4 Å². The molecule has 0 aromatic carbocycles. The molecule has 7 nitrogen and oxygen atoms in total. The Morgan fingerprint density at radius 2 is 2.12 bits per heavy atom. The van der Waals surface area contributed by atoms with Crippen LogP contribution in [0, 0.1) is 6.92 Å². The monoisotopic (exact) mass is 369 g/mol. The summed E-state index contributed by atoms with van der Waals surface area (Å²) in [6.07, 6.45) is -2.14. The van der Waals surface area contributed by atoms with Gasteiger partial charge in [-0.3, -0.25) is 4.68 Å². The van der Waals surface area contributed by atoms with E-state index >= 15 is 0 Å². The number of carboxylic acid groups (broad SMARTS) is 1. The van der Waals surface area contributed by atoms with E-state index in [0.29, 0.717) is 37.2 Å². The van der Waals surface area contributed by atoms with Crippen molar-refractivity contribution < 1.29 is 23.1 Å². The summed E-state index contributed by atoms with van der Waals surface area (Å²) in [7, 11) is 0. The summed E-state index contributed by atoms with van der Waals surface area (Å²) in [5, 5.41) is 13.5. The first-order valence-corrected chi connectivity index (χ1v) is 8.21. The van der Waals surface area contributed by atoms with Gasteiger partial charge in [-0.2, -0.15) is 18.3 Å². The van der Waals surface area contributed by atoms with E-state index in [1.54, 1.807) is 17.8 Å². The molecule has 1 atom stereocenters. The van der Waals surface area contributed by atoms with E-state index < -0.39 is 23.9 Å². The Morgan fingerprint density at radius 1 is 1.38 bits per heavy atom. The van der Waals surface area contributed by atoms with Crippen molar-refractivity contribution in [1.29, 1.82) is 0 Å². The highest BCUT2D eigenvalue weighted by atomic mass is 19.4. The quantitative estimate of drug-likeness (QED) is 0.892. The molecule has 3 rings (SSSR count). The molecule has 3 heterocycles. The van der Waals surface area contributed by atoms with Crippen LogP contribution in [0.4, 0.5) is 19.1 Å². The molecule has 2 aromatic heterocycles. The van der Waals surface area contributed by atoms with Crippen molar-refractivity contribution in [2.45, 2.75) is 45.5 Å². The summed E-state index contributed by atoms with van der Waals surface area (Å²) in [5.74, 6) is -1.32. The molecule has 1 fully saturated rings. The normalized spacial score (nSPS) is 17.7. The predicted octanol–water partition coefficient (Wildman–Crippen LogP) is 2.74. The van der Waals surface area contributed by atoms with E-state index in [1.807, 2.05) is 6.92 Å². The third kappa shape index (κ3) is 3.35. The third-order valence-electron chi connectivity index (χ3n) is 4.35. The zero-order valence-electron chi connectivity index (χ0n) is 14.3. The summed E-state index contributed by atoms with van der Waals surface area (Å²) < 4.78 is 41.6. The number of hydrogen-bond acceptors (Lipinski definition) is 5. The minimum atomic E-state index is -4.67. The van der Waals surface area contributed by atoms with Gasteiger partial charge in [-0.15, -0.1) is 0 Å². The number of nitrogens with zero attached hydrogens (tertiary/aromatic N) is 5. The predicted molar refractivity (Wildman–Crippen MR) is 86.7 cm³/mol. The molecule has 0 amide bonds. The Labute approximate surface area is 147 Å². The molecule has 140 valence electrons. The molecule has 2 aromatic rings. The first kappa shape index (κ1) is 18.2. The fourth-order valence-electron chi connectivity index (χ4n) is 3.04. The Morgan fingerprint density at radius 3 is 2.69 bits per heavy atom. The van der Waals surface area contributed by atoms with Gasteiger partial charge >= 0.3 is 12.1 Å². The number of carbonyl (C=O) groups is 1. The van der Waals surface area contributed by atoms with Crippen molar-refractivity contribution in [1.82, 2.24) is 19.7 Å². The summed E-state index contributed by atoms with van der Waals surface area (Å²) in [4.78, 5) is 20.5. The van der Waals surface area contributed by atoms with Crippen LogP contribution < -0.4 is 4.90 Å².